The van der Waals surface area contributed by atoms with E-state index in [1.54, 1.807) is 30.3 Å². The molecule has 3 rings (SSSR count). The predicted molar refractivity (Wildman–Crippen MR) is 91.3 cm³/mol. The van der Waals surface area contributed by atoms with Crippen LogP contribution in [0.1, 0.15) is 19.4 Å². The van der Waals surface area contributed by atoms with E-state index in [0.29, 0.717) is 10.2 Å². The second kappa shape index (κ2) is 5.70. The Kier molecular flexibility index (Phi) is 3.88. The molecule has 2 heterocycles. The topological polar surface area (TPSA) is 68.9 Å². The second-order valence-electron chi connectivity index (χ2n) is 5.16. The normalized spacial score (nSPS) is 19.6. The molecule has 1 aromatic rings. The first-order valence-electron chi connectivity index (χ1n) is 6.71. The molecule has 0 saturated carbocycles. The monoisotopic (exact) mass is 332 g/mol. The first kappa shape index (κ1) is 15.0. The fourth-order valence-electron chi connectivity index (χ4n) is 1.97. The smallest absolute Gasteiger partial charge is 0.282 e. The lowest BCUT2D eigenvalue weighted by molar-refractivity contribution is -0.114. The Balaban J connectivity index is 1.97. The van der Waals surface area contributed by atoms with E-state index in [-0.39, 0.29) is 17.3 Å². The quantitative estimate of drug-likeness (QED) is 0.841. The van der Waals surface area contributed by atoms with Crippen LogP contribution < -0.4 is 0 Å². The summed E-state index contributed by atoms with van der Waals surface area (Å²) in [7, 11) is 0. The third-order valence-electron chi connectivity index (χ3n) is 3.15. The van der Waals surface area contributed by atoms with E-state index in [1.807, 2.05) is 13.8 Å². The van der Waals surface area contributed by atoms with Crippen LogP contribution in [0.15, 0.2) is 39.9 Å². The number of hydrogen-bond donors (Lipinski definition) is 1. The molecule has 0 spiro atoms. The number of benzene rings is 1. The van der Waals surface area contributed by atoms with Gasteiger partial charge in [0.1, 0.15) is 5.04 Å². The Morgan fingerprint density at radius 3 is 2.64 bits per heavy atom. The largest absolute Gasteiger partial charge is 0.283 e. The summed E-state index contributed by atoms with van der Waals surface area (Å²) < 4.78 is 0. The average Bonchev–Trinajstić information content (AvgIpc) is 2.90. The maximum absolute atomic E-state index is 12.2. The molecule has 2 aliphatic rings. The number of halogens is 1. The maximum Gasteiger partial charge on any atom is 0.283 e. The minimum Gasteiger partial charge on any atom is -0.282 e. The summed E-state index contributed by atoms with van der Waals surface area (Å²) in [6.07, 6.45) is 1.63. The first-order chi connectivity index (χ1) is 10.5. The molecule has 0 atom stereocenters. The second-order valence-corrected chi connectivity index (χ2v) is 6.59. The molecule has 5 nitrogen and oxygen atoms in total. The van der Waals surface area contributed by atoms with E-state index in [4.69, 9.17) is 17.0 Å². The first-order valence-corrected chi connectivity index (χ1v) is 7.91. The number of fused-ring (bicyclic) bond motifs is 1. The fourth-order valence-corrected chi connectivity index (χ4v) is 2.98. The molecule has 7 heteroatoms. The van der Waals surface area contributed by atoms with Gasteiger partial charge in [-0.15, -0.1) is 0 Å². The van der Waals surface area contributed by atoms with Crippen LogP contribution in [0.5, 0.6) is 0 Å². The molecule has 1 amide bonds. The highest BCUT2D eigenvalue weighted by Gasteiger charge is 2.36. The van der Waals surface area contributed by atoms with Crippen LogP contribution in [0, 0.1) is 11.3 Å². The van der Waals surface area contributed by atoms with Gasteiger partial charge in [-0.2, -0.15) is 15.1 Å². The molecule has 0 bridgehead atoms. The van der Waals surface area contributed by atoms with Gasteiger partial charge in [0.2, 0.25) is 5.17 Å². The van der Waals surface area contributed by atoms with Gasteiger partial charge in [-0.05, 0) is 35.5 Å². The van der Waals surface area contributed by atoms with Crippen LogP contribution in [0.4, 0.5) is 0 Å². The average molecular weight is 333 g/mol. The highest BCUT2D eigenvalue weighted by Crippen LogP contribution is 2.30. The van der Waals surface area contributed by atoms with Gasteiger partial charge < -0.3 is 0 Å². The Bertz CT molecular complexity index is 749. The van der Waals surface area contributed by atoms with Gasteiger partial charge in [0.05, 0.1) is 5.57 Å². The van der Waals surface area contributed by atoms with Crippen molar-refractivity contribution in [3.8, 4) is 0 Å². The summed E-state index contributed by atoms with van der Waals surface area (Å²) in [5.74, 6) is -0.142. The molecule has 2 aliphatic heterocycles. The van der Waals surface area contributed by atoms with E-state index in [9.17, 15) is 4.79 Å². The van der Waals surface area contributed by atoms with Crippen LogP contribution >= 0.6 is 23.4 Å². The van der Waals surface area contributed by atoms with Crippen molar-refractivity contribution in [1.82, 2.24) is 5.01 Å². The maximum atomic E-state index is 12.2. The predicted octanol–water partition coefficient (Wildman–Crippen LogP) is 3.62. The van der Waals surface area contributed by atoms with Crippen molar-refractivity contribution < 1.29 is 4.79 Å². The molecular weight excluding hydrogens is 320 g/mol. The molecule has 0 saturated heterocycles. The van der Waals surface area contributed by atoms with E-state index in [0.717, 1.165) is 10.6 Å². The fraction of sp³-hybridized carbons (Fsp3) is 0.200. The standard InChI is InChI=1S/C15H13ClN4OS/c1-8(2)14-19-20-12(17)11(13(21)18-15(20)22-14)7-9-3-5-10(16)6-4-9/h3-8,17H,1-2H3/b11-7+,17-12?. The molecule has 1 N–H and O–H groups in total. The van der Waals surface area contributed by atoms with E-state index in [1.165, 1.54) is 16.8 Å². The number of amides is 1. The van der Waals surface area contributed by atoms with Crippen molar-refractivity contribution in [2.45, 2.75) is 13.8 Å². The van der Waals surface area contributed by atoms with Gasteiger partial charge in [-0.3, -0.25) is 10.2 Å². The van der Waals surface area contributed by atoms with Crippen molar-refractivity contribution in [1.29, 1.82) is 5.41 Å². The van der Waals surface area contributed by atoms with Crippen molar-refractivity contribution in [2.75, 3.05) is 0 Å². The number of rotatable bonds is 2. The van der Waals surface area contributed by atoms with Crippen molar-refractivity contribution in [2.24, 2.45) is 16.0 Å². The number of aliphatic imine (C=N–C) groups is 1. The number of hydrogen-bond acceptors (Lipinski definition) is 4. The summed E-state index contributed by atoms with van der Waals surface area (Å²) in [6.45, 7) is 4.03. The number of thioether (sulfide) groups is 1. The van der Waals surface area contributed by atoms with Crippen LogP contribution in [0.2, 0.25) is 5.02 Å². The van der Waals surface area contributed by atoms with Gasteiger partial charge in [-0.25, -0.2) is 0 Å². The van der Waals surface area contributed by atoms with Gasteiger partial charge in [0, 0.05) is 10.9 Å². The minimum absolute atomic E-state index is 0.0492. The zero-order valence-corrected chi connectivity index (χ0v) is 13.6. The highest BCUT2D eigenvalue weighted by atomic mass is 35.5. The van der Waals surface area contributed by atoms with Gasteiger partial charge in [0.15, 0.2) is 5.84 Å². The van der Waals surface area contributed by atoms with E-state index < -0.39 is 5.91 Å². The number of nitrogens with one attached hydrogen (secondary N) is 1. The molecule has 0 aliphatic carbocycles. The molecule has 22 heavy (non-hydrogen) atoms. The van der Waals surface area contributed by atoms with Crippen molar-refractivity contribution in [3.63, 3.8) is 0 Å². The molecule has 0 fully saturated rings. The van der Waals surface area contributed by atoms with Crippen LogP contribution in [-0.2, 0) is 4.79 Å². The van der Waals surface area contributed by atoms with Crippen molar-refractivity contribution in [3.05, 3.63) is 40.4 Å². The molecular formula is C15H13ClN4OS. The molecule has 0 unspecified atom stereocenters. The minimum atomic E-state index is -0.418. The lowest BCUT2D eigenvalue weighted by Gasteiger charge is -2.20. The molecule has 112 valence electrons. The van der Waals surface area contributed by atoms with Gasteiger partial charge in [-0.1, -0.05) is 37.6 Å². The Labute approximate surface area is 137 Å². The van der Waals surface area contributed by atoms with Crippen LogP contribution in [-0.4, -0.2) is 27.0 Å². The Hall–Kier alpha value is -1.92. The zero-order chi connectivity index (χ0) is 15.9. The van der Waals surface area contributed by atoms with Crippen LogP contribution in [0.25, 0.3) is 6.08 Å². The van der Waals surface area contributed by atoms with Gasteiger partial charge in [0.25, 0.3) is 5.91 Å². The number of carbonyl (C=O) groups is 1. The Morgan fingerprint density at radius 1 is 1.32 bits per heavy atom. The third-order valence-corrected chi connectivity index (χ3v) is 4.61. The SMILES string of the molecule is CC(C)C1=NN2C(=N)/C(=C\c3ccc(Cl)cc3)C(=O)N=C2S1. The molecule has 0 aromatic heterocycles. The number of carbonyl (C=O) groups excluding carboxylic acids is 1. The lowest BCUT2D eigenvalue weighted by atomic mass is 10.1. The Morgan fingerprint density at radius 2 is 2.00 bits per heavy atom. The lowest BCUT2D eigenvalue weighted by Crippen LogP contribution is -2.35. The van der Waals surface area contributed by atoms with Crippen molar-refractivity contribution >= 4 is 51.4 Å². The number of amidine groups is 2. The zero-order valence-electron chi connectivity index (χ0n) is 12.0. The summed E-state index contributed by atoms with van der Waals surface area (Å²) in [5.41, 5.74) is 1.01. The summed E-state index contributed by atoms with van der Waals surface area (Å²) >= 11 is 7.19. The highest BCUT2D eigenvalue weighted by molar-refractivity contribution is 8.27. The molecule has 1 aromatic carbocycles. The van der Waals surface area contributed by atoms with E-state index in [2.05, 4.69) is 10.1 Å². The van der Waals surface area contributed by atoms with E-state index >= 15 is 0 Å². The number of nitrogens with zero attached hydrogens (tertiary/aromatic N) is 3. The third kappa shape index (κ3) is 2.71. The number of hydrazone groups is 1. The van der Waals surface area contributed by atoms with Crippen LogP contribution in [0.3, 0.4) is 0 Å². The summed E-state index contributed by atoms with van der Waals surface area (Å²) in [5, 5.41) is 16.0. The summed E-state index contributed by atoms with van der Waals surface area (Å²) in [4.78, 5) is 16.2. The summed E-state index contributed by atoms with van der Waals surface area (Å²) in [6, 6.07) is 7.05. The molecule has 0 radical (unpaired) electrons. The van der Waals surface area contributed by atoms with Gasteiger partial charge >= 0.3 is 0 Å².